The molecule has 102 valence electrons. The van der Waals surface area contributed by atoms with Gasteiger partial charge in [-0.3, -0.25) is 0 Å². The number of ether oxygens (including phenoxy) is 2. The van der Waals surface area contributed by atoms with Crippen LogP contribution in [-0.4, -0.2) is 50.7 Å². The van der Waals surface area contributed by atoms with Crippen LogP contribution in [-0.2, 0) is 9.47 Å². The average molecular weight is 245 g/mol. The maximum atomic E-state index is 9.64. The Hall–Kier alpha value is -0.160. The molecule has 0 aromatic carbocycles. The normalized spacial score (nSPS) is 28.8. The molecule has 17 heavy (non-hydrogen) atoms. The van der Waals surface area contributed by atoms with E-state index in [2.05, 4.69) is 12.2 Å². The van der Waals surface area contributed by atoms with E-state index in [9.17, 15) is 5.11 Å². The van der Waals surface area contributed by atoms with E-state index in [1.807, 2.05) is 0 Å². The summed E-state index contributed by atoms with van der Waals surface area (Å²) in [6.07, 6.45) is 4.51. The second kappa shape index (κ2) is 8.03. The van der Waals surface area contributed by atoms with Crippen LogP contribution in [0.1, 0.15) is 32.6 Å². The molecule has 2 unspecified atom stereocenters. The van der Waals surface area contributed by atoms with Crippen LogP contribution in [0.15, 0.2) is 0 Å². The van der Waals surface area contributed by atoms with Crippen molar-refractivity contribution >= 4 is 0 Å². The molecule has 0 bridgehead atoms. The Morgan fingerprint density at radius 2 is 2.18 bits per heavy atom. The van der Waals surface area contributed by atoms with Gasteiger partial charge in [0.1, 0.15) is 0 Å². The summed E-state index contributed by atoms with van der Waals surface area (Å²) in [4.78, 5) is 0. The average Bonchev–Trinajstić information content (AvgIpc) is 2.73. The number of hydrogen-bond acceptors (Lipinski definition) is 4. The second-order valence-corrected chi connectivity index (χ2v) is 4.83. The number of methoxy groups -OCH3 is 1. The van der Waals surface area contributed by atoms with Gasteiger partial charge in [-0.15, -0.1) is 0 Å². The molecule has 0 saturated heterocycles. The SMILES string of the molecule is CCNC1(CO)CCCC1CCOCCOC. The lowest BCUT2D eigenvalue weighted by Gasteiger charge is -2.34. The zero-order chi connectivity index (χ0) is 12.6. The molecule has 0 aromatic rings. The minimum atomic E-state index is -0.0562. The first-order valence-corrected chi connectivity index (χ1v) is 6.71. The first-order chi connectivity index (χ1) is 8.29. The topological polar surface area (TPSA) is 50.7 Å². The summed E-state index contributed by atoms with van der Waals surface area (Å²) in [5, 5.41) is 13.1. The molecule has 0 aromatic heterocycles. The molecule has 4 nitrogen and oxygen atoms in total. The Morgan fingerprint density at radius 1 is 1.35 bits per heavy atom. The number of nitrogens with one attached hydrogen (secondary N) is 1. The molecule has 1 aliphatic carbocycles. The molecule has 0 spiro atoms. The smallest absolute Gasteiger partial charge is 0.0700 e. The molecule has 1 fully saturated rings. The van der Waals surface area contributed by atoms with Gasteiger partial charge >= 0.3 is 0 Å². The highest BCUT2D eigenvalue weighted by atomic mass is 16.5. The van der Waals surface area contributed by atoms with Gasteiger partial charge in [0.05, 0.1) is 19.8 Å². The van der Waals surface area contributed by atoms with Crippen molar-refractivity contribution in [2.75, 3.05) is 40.1 Å². The summed E-state index contributed by atoms with van der Waals surface area (Å²) >= 11 is 0. The molecule has 0 heterocycles. The van der Waals surface area contributed by atoms with Gasteiger partial charge in [-0.1, -0.05) is 13.3 Å². The predicted molar refractivity (Wildman–Crippen MR) is 68.1 cm³/mol. The molecule has 4 heteroatoms. The molecular formula is C13H27NO3. The molecule has 0 radical (unpaired) electrons. The third kappa shape index (κ3) is 4.21. The summed E-state index contributed by atoms with van der Waals surface area (Å²) < 4.78 is 10.5. The fourth-order valence-electron chi connectivity index (χ4n) is 2.88. The summed E-state index contributed by atoms with van der Waals surface area (Å²) in [6, 6.07) is 0. The van der Waals surface area contributed by atoms with Crippen LogP contribution in [0.25, 0.3) is 0 Å². The maximum absolute atomic E-state index is 9.64. The monoisotopic (exact) mass is 245 g/mol. The van der Waals surface area contributed by atoms with Gasteiger partial charge in [-0.05, 0) is 31.7 Å². The molecular weight excluding hydrogens is 218 g/mol. The van der Waals surface area contributed by atoms with Crippen LogP contribution >= 0.6 is 0 Å². The van der Waals surface area contributed by atoms with Crippen LogP contribution in [0.4, 0.5) is 0 Å². The van der Waals surface area contributed by atoms with E-state index in [0.717, 1.165) is 26.0 Å². The van der Waals surface area contributed by atoms with Gasteiger partial charge in [-0.2, -0.15) is 0 Å². The third-order valence-corrected chi connectivity index (χ3v) is 3.81. The van der Waals surface area contributed by atoms with Gasteiger partial charge in [-0.25, -0.2) is 0 Å². The van der Waals surface area contributed by atoms with Crippen molar-refractivity contribution < 1.29 is 14.6 Å². The first-order valence-electron chi connectivity index (χ1n) is 6.71. The second-order valence-electron chi connectivity index (χ2n) is 4.83. The first kappa shape index (κ1) is 14.9. The van der Waals surface area contributed by atoms with Gasteiger partial charge in [0.2, 0.25) is 0 Å². The van der Waals surface area contributed by atoms with Crippen molar-refractivity contribution in [3.05, 3.63) is 0 Å². The maximum Gasteiger partial charge on any atom is 0.0700 e. The Balaban J connectivity index is 2.30. The van der Waals surface area contributed by atoms with E-state index in [0.29, 0.717) is 19.1 Å². The molecule has 1 aliphatic rings. The summed E-state index contributed by atoms with van der Waals surface area (Å²) in [5.41, 5.74) is -0.0562. The summed E-state index contributed by atoms with van der Waals surface area (Å²) in [6.45, 7) is 5.34. The highest BCUT2D eigenvalue weighted by Crippen LogP contribution is 2.37. The molecule has 2 atom stereocenters. The van der Waals surface area contributed by atoms with E-state index in [1.54, 1.807) is 7.11 Å². The van der Waals surface area contributed by atoms with Gasteiger partial charge < -0.3 is 19.9 Å². The molecule has 0 amide bonds. The highest BCUT2D eigenvalue weighted by molar-refractivity contribution is 4.98. The molecule has 1 saturated carbocycles. The quantitative estimate of drug-likeness (QED) is 0.599. The zero-order valence-electron chi connectivity index (χ0n) is 11.2. The number of aliphatic hydroxyl groups excluding tert-OH is 1. The standard InChI is InChI=1S/C13H27NO3/c1-3-14-13(11-15)7-4-5-12(13)6-8-17-10-9-16-2/h12,14-15H,3-11H2,1-2H3. The Morgan fingerprint density at radius 3 is 2.82 bits per heavy atom. The zero-order valence-corrected chi connectivity index (χ0v) is 11.2. The number of hydrogen-bond donors (Lipinski definition) is 2. The number of rotatable bonds is 9. The lowest BCUT2D eigenvalue weighted by atomic mass is 9.85. The van der Waals surface area contributed by atoms with Gasteiger partial charge in [0.15, 0.2) is 0 Å². The van der Waals surface area contributed by atoms with Crippen molar-refractivity contribution in [3.8, 4) is 0 Å². The summed E-state index contributed by atoms with van der Waals surface area (Å²) in [7, 11) is 1.68. The van der Waals surface area contributed by atoms with Gasteiger partial charge in [0.25, 0.3) is 0 Å². The van der Waals surface area contributed by atoms with Crippen molar-refractivity contribution in [3.63, 3.8) is 0 Å². The van der Waals surface area contributed by atoms with Crippen molar-refractivity contribution in [1.29, 1.82) is 0 Å². The van der Waals surface area contributed by atoms with Crippen LogP contribution in [0.2, 0.25) is 0 Å². The van der Waals surface area contributed by atoms with E-state index >= 15 is 0 Å². The third-order valence-electron chi connectivity index (χ3n) is 3.81. The van der Waals surface area contributed by atoms with E-state index < -0.39 is 0 Å². The molecule has 0 aliphatic heterocycles. The van der Waals surface area contributed by atoms with Crippen LogP contribution in [0.5, 0.6) is 0 Å². The van der Waals surface area contributed by atoms with Crippen LogP contribution < -0.4 is 5.32 Å². The fourth-order valence-corrected chi connectivity index (χ4v) is 2.88. The predicted octanol–water partition coefficient (Wildman–Crippen LogP) is 1.18. The Bertz CT molecular complexity index is 201. The van der Waals surface area contributed by atoms with E-state index in [1.165, 1.54) is 12.8 Å². The van der Waals surface area contributed by atoms with Crippen LogP contribution in [0.3, 0.4) is 0 Å². The molecule has 1 rings (SSSR count). The molecule has 2 N–H and O–H groups in total. The number of aliphatic hydroxyl groups is 1. The summed E-state index contributed by atoms with van der Waals surface area (Å²) in [5.74, 6) is 0.537. The lowest BCUT2D eigenvalue weighted by Crippen LogP contribution is -2.51. The van der Waals surface area contributed by atoms with E-state index in [4.69, 9.17) is 9.47 Å². The highest BCUT2D eigenvalue weighted by Gasteiger charge is 2.41. The van der Waals surface area contributed by atoms with Crippen molar-refractivity contribution in [1.82, 2.24) is 5.32 Å². The largest absolute Gasteiger partial charge is 0.394 e. The van der Waals surface area contributed by atoms with Crippen LogP contribution in [0, 0.1) is 5.92 Å². The van der Waals surface area contributed by atoms with Crippen molar-refractivity contribution in [2.24, 2.45) is 5.92 Å². The minimum Gasteiger partial charge on any atom is -0.394 e. The lowest BCUT2D eigenvalue weighted by molar-refractivity contribution is 0.0497. The van der Waals surface area contributed by atoms with Crippen molar-refractivity contribution in [2.45, 2.75) is 38.1 Å². The van der Waals surface area contributed by atoms with E-state index in [-0.39, 0.29) is 12.1 Å². The number of likely N-dealkylation sites (N-methyl/N-ethyl adjacent to an activating group) is 1. The van der Waals surface area contributed by atoms with Gasteiger partial charge in [0, 0.05) is 19.3 Å². The fraction of sp³-hybridized carbons (Fsp3) is 1.00. The Labute approximate surface area is 105 Å². The Kier molecular flexibility index (Phi) is 7.04. The minimum absolute atomic E-state index is 0.0562.